The van der Waals surface area contributed by atoms with E-state index in [-0.39, 0.29) is 5.41 Å². The normalized spacial score (nSPS) is 34.2. The molecule has 2 heteroatoms. The summed E-state index contributed by atoms with van der Waals surface area (Å²) in [4.78, 5) is 2.66. The Balaban J connectivity index is 1.99. The molecule has 0 aromatic carbocycles. The zero-order valence-electron chi connectivity index (χ0n) is 12.3. The molecule has 18 heavy (non-hydrogen) atoms. The summed E-state index contributed by atoms with van der Waals surface area (Å²) in [7, 11) is 0. The Morgan fingerprint density at radius 2 is 1.72 bits per heavy atom. The molecular weight excluding hydrogens is 222 g/mol. The second-order valence-corrected chi connectivity index (χ2v) is 7.03. The van der Waals surface area contributed by atoms with Gasteiger partial charge in [0.2, 0.25) is 0 Å². The van der Waals surface area contributed by atoms with Crippen LogP contribution in [-0.4, -0.2) is 35.7 Å². The predicted molar refractivity (Wildman–Crippen MR) is 76.7 cm³/mol. The molecule has 0 bridgehead atoms. The Hall–Kier alpha value is -0.0800. The first kappa shape index (κ1) is 14.3. The molecule has 0 aromatic heterocycles. The molecule has 2 unspecified atom stereocenters. The fourth-order valence-corrected chi connectivity index (χ4v) is 3.88. The van der Waals surface area contributed by atoms with Crippen LogP contribution in [0.25, 0.3) is 0 Å². The number of aliphatic hydroxyl groups excluding tert-OH is 1. The standard InChI is InChI=1S/C16H31NO/c1-14-7-8-15(2)17(11-14)12-16(13-18)9-5-3-4-6-10-16/h14-15,18H,3-13H2,1-2H3. The SMILES string of the molecule is CC1CCC(C)N(CC2(CO)CCCCCC2)C1. The minimum absolute atomic E-state index is 0.210. The molecule has 1 heterocycles. The number of aliphatic hydroxyl groups is 1. The molecular formula is C16H31NO. The Bertz CT molecular complexity index is 245. The van der Waals surface area contributed by atoms with Crippen molar-refractivity contribution in [3.05, 3.63) is 0 Å². The van der Waals surface area contributed by atoms with Crippen molar-refractivity contribution in [3.63, 3.8) is 0 Å². The van der Waals surface area contributed by atoms with Crippen LogP contribution in [0.4, 0.5) is 0 Å². The van der Waals surface area contributed by atoms with E-state index in [0.29, 0.717) is 12.6 Å². The van der Waals surface area contributed by atoms with Gasteiger partial charge in [0.1, 0.15) is 0 Å². The van der Waals surface area contributed by atoms with Crippen molar-refractivity contribution < 1.29 is 5.11 Å². The van der Waals surface area contributed by atoms with Crippen molar-refractivity contribution in [2.24, 2.45) is 11.3 Å². The van der Waals surface area contributed by atoms with Gasteiger partial charge in [-0.05, 0) is 38.5 Å². The van der Waals surface area contributed by atoms with Gasteiger partial charge in [0, 0.05) is 31.2 Å². The quantitative estimate of drug-likeness (QED) is 0.779. The van der Waals surface area contributed by atoms with Crippen LogP contribution in [0.15, 0.2) is 0 Å². The Morgan fingerprint density at radius 1 is 1.06 bits per heavy atom. The highest BCUT2D eigenvalue weighted by atomic mass is 16.3. The van der Waals surface area contributed by atoms with Gasteiger partial charge < -0.3 is 5.11 Å². The van der Waals surface area contributed by atoms with Crippen LogP contribution in [0.1, 0.15) is 65.2 Å². The van der Waals surface area contributed by atoms with Gasteiger partial charge in [0.05, 0.1) is 0 Å². The van der Waals surface area contributed by atoms with Gasteiger partial charge in [-0.3, -0.25) is 4.90 Å². The summed E-state index contributed by atoms with van der Waals surface area (Å²) in [5.74, 6) is 0.836. The number of rotatable bonds is 3. The summed E-state index contributed by atoms with van der Waals surface area (Å²) in [6.45, 7) is 7.51. The topological polar surface area (TPSA) is 23.5 Å². The summed E-state index contributed by atoms with van der Waals surface area (Å²) >= 11 is 0. The first-order chi connectivity index (χ1) is 8.65. The van der Waals surface area contributed by atoms with Crippen molar-refractivity contribution in [2.45, 2.75) is 71.3 Å². The molecule has 0 aromatic rings. The molecule has 0 radical (unpaired) electrons. The first-order valence-corrected chi connectivity index (χ1v) is 8.00. The maximum atomic E-state index is 9.92. The van der Waals surface area contributed by atoms with E-state index >= 15 is 0 Å². The monoisotopic (exact) mass is 253 g/mol. The highest BCUT2D eigenvalue weighted by Gasteiger charge is 2.35. The van der Waals surface area contributed by atoms with Gasteiger partial charge in [-0.25, -0.2) is 0 Å². The van der Waals surface area contributed by atoms with Gasteiger partial charge in [-0.1, -0.05) is 32.6 Å². The van der Waals surface area contributed by atoms with Crippen LogP contribution in [0, 0.1) is 11.3 Å². The molecule has 2 atom stereocenters. The molecule has 1 saturated carbocycles. The molecule has 106 valence electrons. The molecule has 1 aliphatic carbocycles. The van der Waals surface area contributed by atoms with Gasteiger partial charge >= 0.3 is 0 Å². The number of hydrogen-bond acceptors (Lipinski definition) is 2. The fourth-order valence-electron chi connectivity index (χ4n) is 3.88. The predicted octanol–water partition coefficient (Wildman–Crippen LogP) is 3.44. The second-order valence-electron chi connectivity index (χ2n) is 7.03. The van der Waals surface area contributed by atoms with Gasteiger partial charge in [0.15, 0.2) is 0 Å². The Kier molecular flexibility index (Phi) is 5.08. The van der Waals surface area contributed by atoms with Gasteiger partial charge in [-0.2, -0.15) is 0 Å². The Morgan fingerprint density at radius 3 is 2.33 bits per heavy atom. The summed E-state index contributed by atoms with van der Waals surface area (Å²) in [6.07, 6.45) is 10.6. The van der Waals surface area contributed by atoms with E-state index in [9.17, 15) is 5.11 Å². The van der Waals surface area contributed by atoms with Crippen molar-refractivity contribution >= 4 is 0 Å². The van der Waals surface area contributed by atoms with Crippen LogP contribution in [0.2, 0.25) is 0 Å². The van der Waals surface area contributed by atoms with Crippen LogP contribution < -0.4 is 0 Å². The summed E-state index contributed by atoms with van der Waals surface area (Å²) in [5, 5.41) is 9.92. The third-order valence-corrected chi connectivity index (χ3v) is 5.28. The minimum atomic E-state index is 0.210. The molecule has 1 N–H and O–H groups in total. The summed E-state index contributed by atoms with van der Waals surface area (Å²) < 4.78 is 0. The first-order valence-electron chi connectivity index (χ1n) is 8.00. The third-order valence-electron chi connectivity index (χ3n) is 5.28. The summed E-state index contributed by atoms with van der Waals surface area (Å²) in [6, 6.07) is 0.716. The molecule has 2 fully saturated rings. The van der Waals surface area contributed by atoms with Crippen molar-refractivity contribution in [2.75, 3.05) is 19.7 Å². The fraction of sp³-hybridized carbons (Fsp3) is 1.00. The average molecular weight is 253 g/mol. The lowest BCUT2D eigenvalue weighted by Crippen LogP contribution is -2.48. The number of nitrogens with zero attached hydrogens (tertiary/aromatic N) is 1. The lowest BCUT2D eigenvalue weighted by molar-refractivity contribution is 0.0214. The largest absolute Gasteiger partial charge is 0.396 e. The maximum absolute atomic E-state index is 9.92. The molecule has 1 aliphatic heterocycles. The Labute approximate surface area is 113 Å². The smallest absolute Gasteiger partial charge is 0.0499 e. The van der Waals surface area contributed by atoms with E-state index in [0.717, 1.165) is 12.5 Å². The van der Waals surface area contributed by atoms with E-state index in [1.807, 2.05) is 0 Å². The van der Waals surface area contributed by atoms with Crippen LogP contribution in [-0.2, 0) is 0 Å². The zero-order valence-corrected chi connectivity index (χ0v) is 12.3. The molecule has 0 spiro atoms. The molecule has 2 rings (SSSR count). The van der Waals surface area contributed by atoms with Crippen molar-refractivity contribution in [1.82, 2.24) is 4.90 Å². The average Bonchev–Trinajstić information content (AvgIpc) is 2.60. The van der Waals surface area contributed by atoms with Gasteiger partial charge in [-0.15, -0.1) is 0 Å². The molecule has 1 saturated heterocycles. The second kappa shape index (κ2) is 6.38. The van der Waals surface area contributed by atoms with E-state index in [2.05, 4.69) is 18.7 Å². The molecule has 0 amide bonds. The van der Waals surface area contributed by atoms with E-state index in [1.165, 1.54) is 57.9 Å². The van der Waals surface area contributed by atoms with Crippen molar-refractivity contribution in [3.8, 4) is 0 Å². The third kappa shape index (κ3) is 3.48. The minimum Gasteiger partial charge on any atom is -0.396 e. The molecule has 2 aliphatic rings. The van der Waals surface area contributed by atoms with Crippen LogP contribution in [0.3, 0.4) is 0 Å². The lowest BCUT2D eigenvalue weighted by atomic mass is 9.79. The van der Waals surface area contributed by atoms with Gasteiger partial charge in [0.25, 0.3) is 0 Å². The lowest BCUT2D eigenvalue weighted by Gasteiger charge is -2.43. The zero-order chi connectivity index (χ0) is 13.0. The number of piperidine rings is 1. The highest BCUT2D eigenvalue weighted by molar-refractivity contribution is 4.88. The highest BCUT2D eigenvalue weighted by Crippen LogP contribution is 2.37. The maximum Gasteiger partial charge on any atom is 0.0499 e. The number of hydrogen-bond donors (Lipinski definition) is 1. The van der Waals surface area contributed by atoms with E-state index in [4.69, 9.17) is 0 Å². The van der Waals surface area contributed by atoms with Crippen molar-refractivity contribution in [1.29, 1.82) is 0 Å². The molecule has 2 nitrogen and oxygen atoms in total. The number of likely N-dealkylation sites (tertiary alicyclic amines) is 1. The van der Waals surface area contributed by atoms with E-state index < -0.39 is 0 Å². The van der Waals surface area contributed by atoms with Crippen LogP contribution in [0.5, 0.6) is 0 Å². The van der Waals surface area contributed by atoms with E-state index in [1.54, 1.807) is 0 Å². The summed E-state index contributed by atoms with van der Waals surface area (Å²) in [5.41, 5.74) is 0.210. The van der Waals surface area contributed by atoms with Crippen LogP contribution >= 0.6 is 0 Å².